The topological polar surface area (TPSA) is 139 Å². The quantitative estimate of drug-likeness (QED) is 0.115. The third kappa shape index (κ3) is 9.02. The predicted molar refractivity (Wildman–Crippen MR) is 195 cm³/mol. The van der Waals surface area contributed by atoms with Gasteiger partial charge in [-0.05, 0) is 53.1 Å². The standard InChI is InChI=1S/C39H44N4O7S/c44-25-7-26-49-34-18-16-33(17-19-34)37-41-39(20-29-51(46,47)35-10-5-2-6-11-35,38(45)42-40-21-22-43-23-27-48-28-24-43)36(50-37)32-14-12-31(13-15-32)30-8-3-1-4-9-30/h1-6,8-19,36,40,44H,7,20-29H2,(H,42,45)/t36-,39-/m0/s1. The molecule has 1 fully saturated rings. The fourth-order valence-corrected chi connectivity index (χ4v) is 7.56. The van der Waals surface area contributed by atoms with Gasteiger partial charge in [-0.15, -0.1) is 0 Å². The Balaban J connectivity index is 1.34. The van der Waals surface area contributed by atoms with E-state index in [1.165, 1.54) is 0 Å². The first-order valence-corrected chi connectivity index (χ1v) is 18.9. The van der Waals surface area contributed by atoms with E-state index in [-0.39, 0.29) is 29.6 Å². The summed E-state index contributed by atoms with van der Waals surface area (Å²) in [6.45, 7) is 4.52. The Morgan fingerprint density at radius 2 is 1.53 bits per heavy atom. The molecule has 0 unspecified atom stereocenters. The lowest BCUT2D eigenvalue weighted by Gasteiger charge is -2.31. The lowest BCUT2D eigenvalue weighted by atomic mass is 9.84. The number of amides is 1. The van der Waals surface area contributed by atoms with Crippen molar-refractivity contribution in [1.29, 1.82) is 0 Å². The maximum absolute atomic E-state index is 14.5. The maximum Gasteiger partial charge on any atom is 0.266 e. The molecule has 1 saturated heterocycles. The monoisotopic (exact) mass is 712 g/mol. The number of nitrogens with one attached hydrogen (secondary N) is 2. The van der Waals surface area contributed by atoms with Gasteiger partial charge in [0.25, 0.3) is 5.91 Å². The minimum atomic E-state index is -3.78. The van der Waals surface area contributed by atoms with E-state index in [0.717, 1.165) is 24.2 Å². The lowest BCUT2D eigenvalue weighted by molar-refractivity contribution is -0.130. The zero-order valence-electron chi connectivity index (χ0n) is 28.4. The lowest BCUT2D eigenvalue weighted by Crippen LogP contribution is -2.54. The van der Waals surface area contributed by atoms with E-state index in [1.807, 2.05) is 54.6 Å². The summed E-state index contributed by atoms with van der Waals surface area (Å²) in [7, 11) is -3.78. The van der Waals surface area contributed by atoms with E-state index in [0.29, 0.717) is 56.2 Å². The van der Waals surface area contributed by atoms with E-state index in [9.17, 15) is 13.2 Å². The van der Waals surface area contributed by atoms with Gasteiger partial charge in [0.05, 0.1) is 30.5 Å². The second-order valence-electron chi connectivity index (χ2n) is 12.5. The number of benzene rings is 4. The highest BCUT2D eigenvalue weighted by atomic mass is 32.2. The van der Waals surface area contributed by atoms with Crippen LogP contribution in [0, 0.1) is 0 Å². The molecule has 4 aromatic rings. The number of aliphatic hydroxyl groups excluding tert-OH is 1. The van der Waals surface area contributed by atoms with Crippen molar-refractivity contribution in [2.45, 2.75) is 29.4 Å². The summed E-state index contributed by atoms with van der Waals surface area (Å²) in [5, 5.41) is 9.11. The Hall–Kier alpha value is -4.59. The van der Waals surface area contributed by atoms with Crippen LogP contribution in [-0.4, -0.2) is 94.1 Å². The van der Waals surface area contributed by atoms with Gasteiger partial charge in [0, 0.05) is 51.2 Å². The average molecular weight is 713 g/mol. The zero-order valence-corrected chi connectivity index (χ0v) is 29.3. The van der Waals surface area contributed by atoms with E-state index >= 15 is 0 Å². The van der Waals surface area contributed by atoms with Crippen molar-refractivity contribution >= 4 is 21.6 Å². The van der Waals surface area contributed by atoms with Crippen LogP contribution in [0.15, 0.2) is 119 Å². The Morgan fingerprint density at radius 3 is 2.22 bits per heavy atom. The molecule has 0 aromatic heterocycles. The summed E-state index contributed by atoms with van der Waals surface area (Å²) in [5.74, 6) is -0.00562. The van der Waals surface area contributed by atoms with Gasteiger partial charge in [-0.2, -0.15) is 0 Å². The first-order chi connectivity index (χ1) is 24.9. The van der Waals surface area contributed by atoms with Crippen LogP contribution in [0.4, 0.5) is 0 Å². The molecule has 0 radical (unpaired) electrons. The van der Waals surface area contributed by atoms with Gasteiger partial charge in [0.2, 0.25) is 5.90 Å². The van der Waals surface area contributed by atoms with Crippen molar-refractivity contribution in [3.05, 3.63) is 120 Å². The maximum atomic E-state index is 14.5. The molecule has 4 aromatic carbocycles. The minimum absolute atomic E-state index is 0.0304. The average Bonchev–Trinajstić information content (AvgIpc) is 3.58. The van der Waals surface area contributed by atoms with Gasteiger partial charge < -0.3 is 19.3 Å². The van der Waals surface area contributed by atoms with Crippen molar-refractivity contribution in [3.63, 3.8) is 0 Å². The first-order valence-electron chi connectivity index (χ1n) is 17.3. The van der Waals surface area contributed by atoms with Crippen LogP contribution in [0.25, 0.3) is 11.1 Å². The van der Waals surface area contributed by atoms with Gasteiger partial charge in [0.1, 0.15) is 5.75 Å². The van der Waals surface area contributed by atoms with Gasteiger partial charge >= 0.3 is 0 Å². The molecule has 2 aliphatic heterocycles. The van der Waals surface area contributed by atoms with Crippen LogP contribution >= 0.6 is 0 Å². The van der Waals surface area contributed by atoms with E-state index in [2.05, 4.69) is 15.8 Å². The van der Waals surface area contributed by atoms with Crippen LogP contribution in [0.5, 0.6) is 5.75 Å². The summed E-state index contributed by atoms with van der Waals surface area (Å²) in [5.41, 5.74) is 7.59. The molecule has 12 heteroatoms. The number of rotatable bonds is 16. The molecule has 2 aliphatic rings. The highest BCUT2D eigenvalue weighted by Gasteiger charge is 2.53. The third-order valence-electron chi connectivity index (χ3n) is 9.06. The number of morpholine rings is 1. The molecule has 0 saturated carbocycles. The highest BCUT2D eigenvalue weighted by molar-refractivity contribution is 7.91. The molecule has 11 nitrogen and oxygen atoms in total. The third-order valence-corrected chi connectivity index (χ3v) is 10.8. The number of nitrogens with zero attached hydrogens (tertiary/aromatic N) is 2. The molecule has 51 heavy (non-hydrogen) atoms. The number of carbonyl (C=O) groups is 1. The molecule has 3 N–H and O–H groups in total. The molecule has 268 valence electrons. The van der Waals surface area contributed by atoms with Crippen LogP contribution in [0.3, 0.4) is 0 Å². The van der Waals surface area contributed by atoms with E-state index in [4.69, 9.17) is 24.3 Å². The summed E-state index contributed by atoms with van der Waals surface area (Å²) >= 11 is 0. The molecule has 2 heterocycles. The fourth-order valence-electron chi connectivity index (χ4n) is 6.18. The molecule has 2 atom stereocenters. The van der Waals surface area contributed by atoms with Gasteiger partial charge in [-0.1, -0.05) is 72.8 Å². The van der Waals surface area contributed by atoms with Gasteiger partial charge in [-0.3, -0.25) is 15.1 Å². The van der Waals surface area contributed by atoms with Crippen molar-refractivity contribution in [2.24, 2.45) is 4.99 Å². The Kier molecular flexibility index (Phi) is 12.1. The smallest absolute Gasteiger partial charge is 0.266 e. The van der Waals surface area contributed by atoms with Crippen molar-refractivity contribution in [2.75, 3.05) is 58.4 Å². The largest absolute Gasteiger partial charge is 0.494 e. The second kappa shape index (κ2) is 17.1. The summed E-state index contributed by atoms with van der Waals surface area (Å²) < 4.78 is 45.1. The summed E-state index contributed by atoms with van der Waals surface area (Å²) in [6.07, 6.45) is -0.574. The molecule has 0 spiro atoms. The number of aliphatic imine (C=N–C) groups is 1. The second-order valence-corrected chi connectivity index (χ2v) is 14.6. The van der Waals surface area contributed by atoms with Crippen molar-refractivity contribution < 1.29 is 32.5 Å². The molecular formula is C39H44N4O7S. The number of hydrogen-bond donors (Lipinski definition) is 3. The molecule has 0 aliphatic carbocycles. The highest BCUT2D eigenvalue weighted by Crippen LogP contribution is 2.43. The number of hydrogen-bond acceptors (Lipinski definition) is 10. The van der Waals surface area contributed by atoms with E-state index < -0.39 is 27.4 Å². The molecule has 1 amide bonds. The van der Waals surface area contributed by atoms with Gasteiger partial charge in [-0.25, -0.2) is 18.8 Å². The van der Waals surface area contributed by atoms with Crippen LogP contribution < -0.4 is 15.6 Å². The fraction of sp³-hybridized carbons (Fsp3) is 0.333. The zero-order chi connectivity index (χ0) is 35.5. The van der Waals surface area contributed by atoms with Crippen molar-refractivity contribution in [1.82, 2.24) is 15.8 Å². The van der Waals surface area contributed by atoms with E-state index in [1.54, 1.807) is 54.6 Å². The molecule has 6 rings (SSSR count). The van der Waals surface area contributed by atoms with Gasteiger partial charge in [0.15, 0.2) is 21.5 Å². The SMILES string of the molecule is O=C(NNCCN1CCOCC1)[C@@]1(CCS(=O)(=O)c2ccccc2)N=C(c2ccc(OCCCO)cc2)O[C@H]1c1ccc(-c2ccccc2)cc1. The van der Waals surface area contributed by atoms with Crippen LogP contribution in [0.1, 0.15) is 30.1 Å². The Morgan fingerprint density at radius 1 is 0.882 bits per heavy atom. The Labute approximate surface area is 299 Å². The first kappa shape index (κ1) is 36.2. The van der Waals surface area contributed by atoms with Crippen LogP contribution in [-0.2, 0) is 24.1 Å². The number of aliphatic hydroxyl groups is 1. The predicted octanol–water partition coefficient (Wildman–Crippen LogP) is 4.19. The molecular weight excluding hydrogens is 669 g/mol. The molecule has 0 bridgehead atoms. The summed E-state index contributed by atoms with van der Waals surface area (Å²) in [4.78, 5) is 21.9. The minimum Gasteiger partial charge on any atom is -0.494 e. The van der Waals surface area contributed by atoms with Crippen molar-refractivity contribution in [3.8, 4) is 16.9 Å². The number of carbonyl (C=O) groups excluding carboxylic acids is 1. The number of ether oxygens (including phenoxy) is 3. The Bertz CT molecular complexity index is 1850. The van der Waals surface area contributed by atoms with Crippen LogP contribution in [0.2, 0.25) is 0 Å². The number of hydrazine groups is 1. The summed E-state index contributed by atoms with van der Waals surface area (Å²) in [6, 6.07) is 33.0. The normalized spacial score (nSPS) is 19.2. The number of sulfone groups is 1.